The van der Waals surface area contributed by atoms with E-state index in [1.807, 2.05) is 19.2 Å². The average Bonchev–Trinajstić information content (AvgIpc) is 2.83. The molecule has 0 bridgehead atoms. The fraction of sp³-hybridized carbons (Fsp3) is 0.273. The van der Waals surface area contributed by atoms with E-state index in [1.54, 1.807) is 17.4 Å². The zero-order chi connectivity index (χ0) is 12.4. The molecule has 2 aromatic rings. The smallest absolute Gasteiger partial charge is 0.261 e. The van der Waals surface area contributed by atoms with Crippen molar-refractivity contribution in [2.75, 3.05) is 5.73 Å². The van der Waals surface area contributed by atoms with Crippen LogP contribution in [0.25, 0.3) is 0 Å². The van der Waals surface area contributed by atoms with Crippen molar-refractivity contribution in [3.63, 3.8) is 0 Å². The number of nitrogen functional groups attached to an aromatic ring is 1. The fourth-order valence-electron chi connectivity index (χ4n) is 1.36. The number of amides is 1. The molecule has 3 N–H and O–H groups in total. The molecule has 90 valence electrons. The minimum absolute atomic E-state index is 0.0968. The molecule has 2 rings (SSSR count). The van der Waals surface area contributed by atoms with Gasteiger partial charge >= 0.3 is 0 Å². The number of thiophene rings is 1. The average molecular weight is 267 g/mol. The lowest BCUT2D eigenvalue weighted by atomic mass is 10.3. The van der Waals surface area contributed by atoms with E-state index >= 15 is 0 Å². The zero-order valence-corrected chi connectivity index (χ0v) is 11.2. The molecule has 0 saturated carbocycles. The summed E-state index contributed by atoms with van der Waals surface area (Å²) in [7, 11) is 0. The monoisotopic (exact) mass is 267 g/mol. The minimum atomic E-state index is -0.0968. The first-order valence-electron chi connectivity index (χ1n) is 5.11. The number of carbonyl (C=O) groups is 1. The number of hydrogen-bond donors (Lipinski definition) is 2. The number of carbonyl (C=O) groups excluding carboxylic acids is 1. The Hall–Kier alpha value is -1.40. The van der Waals surface area contributed by atoms with Gasteiger partial charge in [-0.3, -0.25) is 4.79 Å². The summed E-state index contributed by atoms with van der Waals surface area (Å²) in [6, 6.07) is 1.71. The van der Waals surface area contributed by atoms with Crippen LogP contribution in [0.4, 0.5) is 5.69 Å². The summed E-state index contributed by atoms with van der Waals surface area (Å²) in [4.78, 5) is 17.7. The highest BCUT2D eigenvalue weighted by atomic mass is 32.1. The highest BCUT2D eigenvalue weighted by Gasteiger charge is 2.10. The van der Waals surface area contributed by atoms with Gasteiger partial charge in [0.2, 0.25) is 0 Å². The SMILES string of the molecule is Cc1nc(CNC(=O)c2cc(N)c(C)s2)cs1. The summed E-state index contributed by atoms with van der Waals surface area (Å²) in [5.74, 6) is -0.0968. The number of anilines is 1. The van der Waals surface area contributed by atoms with Crippen molar-refractivity contribution in [1.82, 2.24) is 10.3 Å². The maximum Gasteiger partial charge on any atom is 0.261 e. The van der Waals surface area contributed by atoms with Gasteiger partial charge in [0.05, 0.1) is 22.1 Å². The largest absolute Gasteiger partial charge is 0.398 e. The lowest BCUT2D eigenvalue weighted by molar-refractivity contribution is 0.0954. The molecule has 2 heterocycles. The van der Waals surface area contributed by atoms with Crippen LogP contribution in [0, 0.1) is 13.8 Å². The molecule has 0 aliphatic carbocycles. The number of nitrogens with one attached hydrogen (secondary N) is 1. The minimum Gasteiger partial charge on any atom is -0.398 e. The predicted octanol–water partition coefficient (Wildman–Crippen LogP) is 2.33. The summed E-state index contributed by atoms with van der Waals surface area (Å²) in [5.41, 5.74) is 7.27. The molecule has 4 nitrogen and oxygen atoms in total. The maximum atomic E-state index is 11.8. The molecule has 0 aliphatic heterocycles. The standard InChI is InChI=1S/C11H13N3OS2/c1-6-9(12)3-10(17-6)11(15)13-4-8-5-16-7(2)14-8/h3,5H,4,12H2,1-2H3,(H,13,15). The van der Waals surface area contributed by atoms with E-state index in [4.69, 9.17) is 5.73 Å². The van der Waals surface area contributed by atoms with E-state index in [1.165, 1.54) is 11.3 Å². The van der Waals surface area contributed by atoms with Crippen molar-refractivity contribution in [3.05, 3.63) is 31.9 Å². The Morgan fingerprint density at radius 1 is 1.53 bits per heavy atom. The second-order valence-corrected chi connectivity index (χ2v) is 5.98. The zero-order valence-electron chi connectivity index (χ0n) is 9.61. The topological polar surface area (TPSA) is 68.0 Å². The molecule has 0 atom stereocenters. The third kappa shape index (κ3) is 2.83. The molecule has 0 unspecified atom stereocenters. The molecule has 0 radical (unpaired) electrons. The van der Waals surface area contributed by atoms with Gasteiger partial charge < -0.3 is 11.1 Å². The number of nitrogens with two attached hydrogens (primary N) is 1. The van der Waals surface area contributed by atoms with Gasteiger partial charge in [-0.25, -0.2) is 4.98 Å². The molecule has 2 aromatic heterocycles. The highest BCUT2D eigenvalue weighted by Crippen LogP contribution is 2.23. The first-order valence-corrected chi connectivity index (χ1v) is 6.81. The van der Waals surface area contributed by atoms with Gasteiger partial charge in [-0.2, -0.15) is 0 Å². The molecular formula is C11H13N3OS2. The Labute approximate surface area is 107 Å². The normalized spacial score (nSPS) is 10.5. The molecule has 1 amide bonds. The van der Waals surface area contributed by atoms with E-state index < -0.39 is 0 Å². The number of aromatic nitrogens is 1. The van der Waals surface area contributed by atoms with E-state index in [-0.39, 0.29) is 5.91 Å². The van der Waals surface area contributed by atoms with Crippen LogP contribution in [0.2, 0.25) is 0 Å². The van der Waals surface area contributed by atoms with E-state index in [0.717, 1.165) is 15.6 Å². The maximum absolute atomic E-state index is 11.8. The Morgan fingerprint density at radius 2 is 2.29 bits per heavy atom. The van der Waals surface area contributed by atoms with Gasteiger partial charge in [0.15, 0.2) is 0 Å². The van der Waals surface area contributed by atoms with E-state index in [2.05, 4.69) is 10.3 Å². The molecule has 0 fully saturated rings. The van der Waals surface area contributed by atoms with Gasteiger partial charge in [-0.05, 0) is 19.9 Å². The third-order valence-corrected chi connectivity index (χ3v) is 4.16. The van der Waals surface area contributed by atoms with Crippen molar-refractivity contribution in [1.29, 1.82) is 0 Å². The van der Waals surface area contributed by atoms with Crippen LogP contribution in [0.15, 0.2) is 11.4 Å². The third-order valence-electron chi connectivity index (χ3n) is 2.28. The van der Waals surface area contributed by atoms with E-state index in [0.29, 0.717) is 17.1 Å². The van der Waals surface area contributed by atoms with Gasteiger partial charge in [0.1, 0.15) is 0 Å². The van der Waals surface area contributed by atoms with Crippen molar-refractivity contribution < 1.29 is 4.79 Å². The molecule has 0 aromatic carbocycles. The molecule has 0 aliphatic rings. The van der Waals surface area contributed by atoms with Crippen molar-refractivity contribution in [3.8, 4) is 0 Å². The van der Waals surface area contributed by atoms with Crippen LogP contribution in [0.5, 0.6) is 0 Å². The number of hydrogen-bond acceptors (Lipinski definition) is 5. The van der Waals surface area contributed by atoms with Crippen molar-refractivity contribution >= 4 is 34.3 Å². The Balaban J connectivity index is 1.98. The molecule has 0 spiro atoms. The summed E-state index contributed by atoms with van der Waals surface area (Å²) in [5, 5.41) is 5.78. The Morgan fingerprint density at radius 3 is 2.82 bits per heavy atom. The number of nitrogens with zero attached hydrogens (tertiary/aromatic N) is 1. The van der Waals surface area contributed by atoms with Crippen LogP contribution < -0.4 is 11.1 Å². The number of thiazole rings is 1. The van der Waals surface area contributed by atoms with E-state index in [9.17, 15) is 4.79 Å². The summed E-state index contributed by atoms with van der Waals surface area (Å²) < 4.78 is 0. The van der Waals surface area contributed by atoms with Crippen LogP contribution in [-0.2, 0) is 6.54 Å². The summed E-state index contributed by atoms with van der Waals surface area (Å²) >= 11 is 2.99. The molecule has 17 heavy (non-hydrogen) atoms. The first kappa shape index (κ1) is 12.1. The number of aryl methyl sites for hydroxylation is 2. The first-order chi connectivity index (χ1) is 8.06. The second-order valence-electron chi connectivity index (χ2n) is 3.66. The van der Waals surface area contributed by atoms with Gasteiger partial charge in [0.25, 0.3) is 5.91 Å². The van der Waals surface area contributed by atoms with Crippen LogP contribution in [-0.4, -0.2) is 10.9 Å². The quantitative estimate of drug-likeness (QED) is 0.897. The lowest BCUT2D eigenvalue weighted by Gasteiger charge is -2.00. The fourth-order valence-corrected chi connectivity index (χ4v) is 2.83. The van der Waals surface area contributed by atoms with Gasteiger partial charge in [-0.15, -0.1) is 22.7 Å². The molecule has 0 saturated heterocycles. The van der Waals surface area contributed by atoms with Crippen molar-refractivity contribution in [2.24, 2.45) is 0 Å². The lowest BCUT2D eigenvalue weighted by Crippen LogP contribution is -2.21. The molecule has 6 heteroatoms. The predicted molar refractivity (Wildman–Crippen MR) is 71.5 cm³/mol. The summed E-state index contributed by atoms with van der Waals surface area (Å²) in [6.07, 6.45) is 0. The Kier molecular flexibility index (Phi) is 3.44. The number of rotatable bonds is 3. The summed E-state index contributed by atoms with van der Waals surface area (Å²) in [6.45, 7) is 4.31. The van der Waals surface area contributed by atoms with Gasteiger partial charge in [0, 0.05) is 15.9 Å². The Bertz CT molecular complexity index is 525. The van der Waals surface area contributed by atoms with Crippen LogP contribution >= 0.6 is 22.7 Å². The van der Waals surface area contributed by atoms with Crippen LogP contribution in [0.1, 0.15) is 25.3 Å². The van der Waals surface area contributed by atoms with Crippen LogP contribution in [0.3, 0.4) is 0 Å². The highest BCUT2D eigenvalue weighted by molar-refractivity contribution is 7.14. The van der Waals surface area contributed by atoms with Gasteiger partial charge in [-0.1, -0.05) is 0 Å². The van der Waals surface area contributed by atoms with Crippen molar-refractivity contribution in [2.45, 2.75) is 20.4 Å². The molecular weight excluding hydrogens is 254 g/mol. The second kappa shape index (κ2) is 4.85.